The van der Waals surface area contributed by atoms with Crippen molar-refractivity contribution in [3.63, 3.8) is 0 Å². The molecule has 0 spiro atoms. The fourth-order valence-corrected chi connectivity index (χ4v) is 3.99. The number of piperidine rings is 1. The Labute approximate surface area is 167 Å². The molecule has 1 aromatic rings. The average molecular weight is 388 g/mol. The largest absolute Gasteiger partial charge is 0.338 e. The summed E-state index contributed by atoms with van der Waals surface area (Å²) in [4.78, 5) is 29.1. The summed E-state index contributed by atoms with van der Waals surface area (Å²) in [6.45, 7) is 5.38. The zero-order chi connectivity index (χ0) is 19.6. The van der Waals surface area contributed by atoms with Gasteiger partial charge in [-0.2, -0.15) is 0 Å². The summed E-state index contributed by atoms with van der Waals surface area (Å²) in [7, 11) is 0. The number of hydrogen-bond donors (Lipinski definition) is 3. The number of para-hydroxylation sites is 1. The van der Waals surface area contributed by atoms with Gasteiger partial charge in [0, 0.05) is 25.3 Å². The monoisotopic (exact) mass is 387 g/mol. The minimum absolute atomic E-state index is 0.00334. The molecule has 0 saturated carbocycles. The number of carbonyl (C=O) groups excluding carboxylic acids is 2. The van der Waals surface area contributed by atoms with E-state index in [-0.39, 0.29) is 18.1 Å². The number of nitrogens with zero attached hydrogens (tertiary/aromatic N) is 2. The molecule has 4 amide bonds. The molecular formula is C21H33N5O2. The van der Waals surface area contributed by atoms with E-state index in [9.17, 15) is 9.59 Å². The van der Waals surface area contributed by atoms with Crippen molar-refractivity contribution in [1.29, 1.82) is 0 Å². The van der Waals surface area contributed by atoms with Gasteiger partial charge in [0.2, 0.25) is 0 Å². The molecule has 2 saturated heterocycles. The van der Waals surface area contributed by atoms with Gasteiger partial charge in [0.15, 0.2) is 0 Å². The second-order valence-electron chi connectivity index (χ2n) is 7.68. The topological polar surface area (TPSA) is 76.7 Å². The van der Waals surface area contributed by atoms with Crippen molar-refractivity contribution < 1.29 is 9.59 Å². The normalized spacial score (nSPS) is 20.0. The Morgan fingerprint density at radius 2 is 1.71 bits per heavy atom. The maximum atomic E-state index is 12.6. The lowest BCUT2D eigenvalue weighted by molar-refractivity contribution is 0.149. The van der Waals surface area contributed by atoms with Crippen molar-refractivity contribution in [2.75, 3.05) is 44.6 Å². The Bertz CT molecular complexity index is 618. The van der Waals surface area contributed by atoms with E-state index < -0.39 is 0 Å². The van der Waals surface area contributed by atoms with Crippen LogP contribution in [-0.2, 0) is 0 Å². The average Bonchev–Trinajstić information content (AvgIpc) is 3.24. The maximum Gasteiger partial charge on any atom is 0.319 e. The molecule has 154 valence electrons. The summed E-state index contributed by atoms with van der Waals surface area (Å²) < 4.78 is 0. The maximum absolute atomic E-state index is 12.6. The van der Waals surface area contributed by atoms with Crippen LogP contribution >= 0.6 is 0 Å². The first-order valence-electron chi connectivity index (χ1n) is 10.6. The Morgan fingerprint density at radius 1 is 0.964 bits per heavy atom. The summed E-state index contributed by atoms with van der Waals surface area (Å²) >= 11 is 0. The lowest BCUT2D eigenvalue weighted by Crippen LogP contribution is -2.53. The van der Waals surface area contributed by atoms with Crippen LogP contribution in [0.25, 0.3) is 0 Å². The van der Waals surface area contributed by atoms with Gasteiger partial charge in [0.25, 0.3) is 0 Å². The van der Waals surface area contributed by atoms with Crippen LogP contribution in [0.3, 0.4) is 0 Å². The molecule has 2 heterocycles. The summed E-state index contributed by atoms with van der Waals surface area (Å²) in [5.74, 6) is 0. The van der Waals surface area contributed by atoms with Crippen LogP contribution in [0.15, 0.2) is 30.3 Å². The van der Waals surface area contributed by atoms with Gasteiger partial charge in [-0.05, 0) is 70.3 Å². The first kappa shape index (κ1) is 20.5. The van der Waals surface area contributed by atoms with Crippen molar-refractivity contribution in [3.05, 3.63) is 30.3 Å². The van der Waals surface area contributed by atoms with Crippen molar-refractivity contribution in [2.24, 2.45) is 0 Å². The summed E-state index contributed by atoms with van der Waals surface area (Å²) in [5, 5.41) is 8.80. The van der Waals surface area contributed by atoms with Crippen LogP contribution in [0, 0.1) is 0 Å². The van der Waals surface area contributed by atoms with Crippen LogP contribution in [0.1, 0.15) is 38.5 Å². The van der Waals surface area contributed by atoms with E-state index in [0.717, 1.165) is 44.5 Å². The molecule has 0 bridgehead atoms. The van der Waals surface area contributed by atoms with Gasteiger partial charge in [-0.25, -0.2) is 9.59 Å². The molecule has 2 aliphatic rings. The number of hydrogen-bond acceptors (Lipinski definition) is 3. The van der Waals surface area contributed by atoms with Gasteiger partial charge in [0.05, 0.1) is 6.04 Å². The van der Waals surface area contributed by atoms with Gasteiger partial charge < -0.3 is 25.8 Å². The highest BCUT2D eigenvalue weighted by Crippen LogP contribution is 2.17. The Balaban J connectivity index is 1.38. The number of amides is 4. The first-order chi connectivity index (χ1) is 13.7. The van der Waals surface area contributed by atoms with E-state index in [2.05, 4.69) is 20.9 Å². The molecule has 2 aliphatic heterocycles. The molecule has 7 heteroatoms. The lowest BCUT2D eigenvalue weighted by Gasteiger charge is -2.35. The minimum atomic E-state index is -0.234. The SMILES string of the molecule is O=C(NC[C@@H]1CCCCN1C(=O)NCCCN1CCCC1)Nc1ccccc1. The number of carbonyl (C=O) groups is 2. The number of likely N-dealkylation sites (tertiary alicyclic amines) is 2. The molecule has 2 fully saturated rings. The standard InChI is InChI=1S/C21H33N5O2/c27-20(24-18-9-2-1-3-10-18)23-17-19-11-4-5-16-26(19)21(28)22-12-8-15-25-13-6-7-14-25/h1-3,9-10,19H,4-8,11-17H2,(H,22,28)(H2,23,24,27)/t19-/m0/s1. The van der Waals surface area contributed by atoms with E-state index in [1.807, 2.05) is 35.2 Å². The molecule has 0 aromatic heterocycles. The Kier molecular flexibility index (Phi) is 7.96. The van der Waals surface area contributed by atoms with Crippen molar-refractivity contribution in [3.8, 4) is 0 Å². The molecule has 0 radical (unpaired) electrons. The number of urea groups is 2. The molecule has 3 N–H and O–H groups in total. The molecule has 7 nitrogen and oxygen atoms in total. The van der Waals surface area contributed by atoms with Gasteiger partial charge in [-0.1, -0.05) is 18.2 Å². The van der Waals surface area contributed by atoms with Gasteiger partial charge in [-0.3, -0.25) is 0 Å². The second kappa shape index (κ2) is 10.9. The van der Waals surface area contributed by atoms with E-state index in [0.29, 0.717) is 13.1 Å². The fourth-order valence-electron chi connectivity index (χ4n) is 3.99. The van der Waals surface area contributed by atoms with Crippen LogP contribution in [0.4, 0.5) is 15.3 Å². The third-order valence-electron chi connectivity index (χ3n) is 5.54. The number of anilines is 1. The number of benzene rings is 1. The predicted octanol–water partition coefficient (Wildman–Crippen LogP) is 2.86. The Morgan fingerprint density at radius 3 is 2.50 bits per heavy atom. The fraction of sp³-hybridized carbons (Fsp3) is 0.619. The van der Waals surface area contributed by atoms with E-state index in [4.69, 9.17) is 0 Å². The molecule has 0 aliphatic carbocycles. The van der Waals surface area contributed by atoms with E-state index in [1.54, 1.807) is 0 Å². The zero-order valence-corrected chi connectivity index (χ0v) is 16.7. The predicted molar refractivity (Wildman–Crippen MR) is 111 cm³/mol. The number of rotatable bonds is 7. The second-order valence-corrected chi connectivity index (χ2v) is 7.68. The first-order valence-corrected chi connectivity index (χ1v) is 10.6. The summed E-state index contributed by atoms with van der Waals surface area (Å²) in [6, 6.07) is 9.18. The van der Waals surface area contributed by atoms with Gasteiger partial charge in [-0.15, -0.1) is 0 Å². The highest BCUT2D eigenvalue weighted by atomic mass is 16.2. The molecular weight excluding hydrogens is 354 g/mol. The highest BCUT2D eigenvalue weighted by molar-refractivity contribution is 5.89. The zero-order valence-electron chi connectivity index (χ0n) is 16.7. The third-order valence-corrected chi connectivity index (χ3v) is 5.54. The molecule has 3 rings (SSSR count). The van der Waals surface area contributed by atoms with Crippen LogP contribution < -0.4 is 16.0 Å². The minimum Gasteiger partial charge on any atom is -0.338 e. The highest BCUT2D eigenvalue weighted by Gasteiger charge is 2.26. The van der Waals surface area contributed by atoms with Crippen molar-refractivity contribution in [1.82, 2.24) is 20.4 Å². The summed E-state index contributed by atoms with van der Waals surface area (Å²) in [5.41, 5.74) is 0.760. The molecule has 28 heavy (non-hydrogen) atoms. The number of nitrogens with one attached hydrogen (secondary N) is 3. The Hall–Kier alpha value is -2.28. The van der Waals surface area contributed by atoms with Gasteiger partial charge >= 0.3 is 12.1 Å². The summed E-state index contributed by atoms with van der Waals surface area (Å²) in [6.07, 6.45) is 6.62. The molecule has 1 atom stereocenters. The van der Waals surface area contributed by atoms with E-state index in [1.165, 1.54) is 25.9 Å². The lowest BCUT2D eigenvalue weighted by atomic mass is 10.0. The molecule has 1 aromatic carbocycles. The van der Waals surface area contributed by atoms with Crippen molar-refractivity contribution in [2.45, 2.75) is 44.6 Å². The quantitative estimate of drug-likeness (QED) is 0.630. The van der Waals surface area contributed by atoms with E-state index >= 15 is 0 Å². The van der Waals surface area contributed by atoms with Crippen molar-refractivity contribution >= 4 is 17.7 Å². The van der Waals surface area contributed by atoms with Crippen LogP contribution in [0.5, 0.6) is 0 Å². The van der Waals surface area contributed by atoms with Gasteiger partial charge in [0.1, 0.15) is 0 Å². The molecule has 0 unspecified atom stereocenters. The third kappa shape index (κ3) is 6.41. The van der Waals surface area contributed by atoms with Crippen LogP contribution in [-0.4, -0.2) is 67.2 Å². The smallest absolute Gasteiger partial charge is 0.319 e. The van der Waals surface area contributed by atoms with Crippen LogP contribution in [0.2, 0.25) is 0 Å².